The van der Waals surface area contributed by atoms with Crippen LogP contribution in [0.3, 0.4) is 0 Å². The van der Waals surface area contributed by atoms with Crippen molar-refractivity contribution < 1.29 is 4.39 Å². The molecule has 1 aliphatic heterocycles. The lowest BCUT2D eigenvalue weighted by atomic mass is 10.4. The second-order valence-corrected chi connectivity index (χ2v) is 5.90. The summed E-state index contributed by atoms with van der Waals surface area (Å²) in [5.74, 6) is 1.76. The Labute approximate surface area is 147 Å². The van der Waals surface area contributed by atoms with Crippen molar-refractivity contribution in [2.75, 3.05) is 31.9 Å². The molecule has 0 unspecified atom stereocenters. The Balaban J connectivity index is 0.00000220. The molecule has 21 heavy (non-hydrogen) atoms. The van der Waals surface area contributed by atoms with Crippen LogP contribution in [0.1, 0.15) is 19.8 Å². The van der Waals surface area contributed by atoms with E-state index in [1.54, 1.807) is 11.8 Å². The number of likely N-dealkylation sites (tertiary alicyclic amines) is 1. The highest BCUT2D eigenvalue weighted by Gasteiger charge is 2.14. The molecule has 1 N–H and O–H groups in total. The predicted molar refractivity (Wildman–Crippen MR) is 99.3 cm³/mol. The number of nitrogens with zero attached hydrogens (tertiary/aromatic N) is 2. The van der Waals surface area contributed by atoms with Crippen molar-refractivity contribution in [2.24, 2.45) is 4.99 Å². The van der Waals surface area contributed by atoms with Gasteiger partial charge in [0.25, 0.3) is 0 Å². The van der Waals surface area contributed by atoms with Crippen molar-refractivity contribution in [3.8, 4) is 0 Å². The van der Waals surface area contributed by atoms with Crippen LogP contribution in [0.4, 0.5) is 4.39 Å². The lowest BCUT2D eigenvalue weighted by molar-refractivity contribution is 0.494. The highest BCUT2D eigenvalue weighted by Crippen LogP contribution is 2.17. The van der Waals surface area contributed by atoms with E-state index in [0.29, 0.717) is 0 Å². The van der Waals surface area contributed by atoms with Crippen LogP contribution in [-0.4, -0.2) is 42.8 Å². The van der Waals surface area contributed by atoms with Crippen molar-refractivity contribution in [1.82, 2.24) is 10.2 Å². The summed E-state index contributed by atoms with van der Waals surface area (Å²) in [4.78, 5) is 8.08. The summed E-state index contributed by atoms with van der Waals surface area (Å²) < 4.78 is 12.8. The molecule has 1 aromatic rings. The lowest BCUT2D eigenvalue weighted by Crippen LogP contribution is -2.39. The number of benzene rings is 1. The minimum atomic E-state index is -0.184. The minimum Gasteiger partial charge on any atom is -0.357 e. The van der Waals surface area contributed by atoms with E-state index in [4.69, 9.17) is 0 Å². The first-order valence-corrected chi connectivity index (χ1v) is 8.20. The number of rotatable bonds is 5. The maximum Gasteiger partial charge on any atom is 0.193 e. The Morgan fingerprint density at radius 3 is 2.57 bits per heavy atom. The molecule has 1 saturated heterocycles. The van der Waals surface area contributed by atoms with Crippen LogP contribution in [0, 0.1) is 5.82 Å². The van der Waals surface area contributed by atoms with Gasteiger partial charge in [0, 0.05) is 30.3 Å². The highest BCUT2D eigenvalue weighted by atomic mass is 127. The summed E-state index contributed by atoms with van der Waals surface area (Å²) in [5, 5.41) is 3.35. The molecule has 0 bridgehead atoms. The number of guanidine groups is 1. The maximum atomic E-state index is 12.8. The predicted octanol–water partition coefficient (Wildman–Crippen LogP) is 3.60. The first-order chi connectivity index (χ1) is 9.79. The first kappa shape index (κ1) is 18.5. The third kappa shape index (κ3) is 6.42. The summed E-state index contributed by atoms with van der Waals surface area (Å²) in [6.07, 6.45) is 2.52. The summed E-state index contributed by atoms with van der Waals surface area (Å²) in [6.45, 7) is 5.99. The number of nitrogens with one attached hydrogen (secondary N) is 1. The van der Waals surface area contributed by atoms with Crippen LogP contribution in [0.15, 0.2) is 34.2 Å². The van der Waals surface area contributed by atoms with Gasteiger partial charge in [-0.05, 0) is 44.0 Å². The topological polar surface area (TPSA) is 27.6 Å². The smallest absolute Gasteiger partial charge is 0.193 e. The molecule has 118 valence electrons. The van der Waals surface area contributed by atoms with Gasteiger partial charge in [-0.25, -0.2) is 4.39 Å². The normalized spacial score (nSPS) is 15.0. The average molecular weight is 423 g/mol. The minimum absolute atomic E-state index is 0. The molecule has 0 saturated carbocycles. The summed E-state index contributed by atoms with van der Waals surface area (Å²) in [7, 11) is 0. The molecule has 3 nitrogen and oxygen atoms in total. The van der Waals surface area contributed by atoms with E-state index in [0.717, 1.165) is 42.8 Å². The van der Waals surface area contributed by atoms with E-state index < -0.39 is 0 Å². The van der Waals surface area contributed by atoms with Crippen molar-refractivity contribution in [3.05, 3.63) is 30.1 Å². The first-order valence-electron chi connectivity index (χ1n) is 7.21. The molecule has 0 amide bonds. The molecule has 1 fully saturated rings. The van der Waals surface area contributed by atoms with Gasteiger partial charge in [0.1, 0.15) is 5.82 Å². The van der Waals surface area contributed by atoms with Gasteiger partial charge in [0.05, 0.1) is 6.54 Å². The molecule has 1 aliphatic rings. The van der Waals surface area contributed by atoms with Gasteiger partial charge in [0.15, 0.2) is 5.96 Å². The standard InChI is InChI=1S/C15H22FN3S.HI/c1-2-17-15(19-10-3-4-11-19)18-9-12-20-14-7-5-13(16)6-8-14;/h5-8H,2-4,9-12H2,1H3,(H,17,18);1H. The van der Waals surface area contributed by atoms with Crippen LogP contribution in [-0.2, 0) is 0 Å². The van der Waals surface area contributed by atoms with Crippen molar-refractivity contribution in [2.45, 2.75) is 24.7 Å². The molecule has 1 aromatic carbocycles. The van der Waals surface area contributed by atoms with E-state index in [1.807, 2.05) is 12.1 Å². The Morgan fingerprint density at radius 2 is 1.95 bits per heavy atom. The summed E-state index contributed by atoms with van der Waals surface area (Å²) in [6, 6.07) is 6.63. The van der Waals surface area contributed by atoms with Crippen LogP contribution in [0.5, 0.6) is 0 Å². The maximum absolute atomic E-state index is 12.8. The van der Waals surface area contributed by atoms with Gasteiger partial charge in [-0.1, -0.05) is 0 Å². The number of aliphatic imine (C=N–C) groups is 1. The van der Waals surface area contributed by atoms with Gasteiger partial charge in [-0.2, -0.15) is 0 Å². The monoisotopic (exact) mass is 423 g/mol. The lowest BCUT2D eigenvalue weighted by Gasteiger charge is -2.20. The SMILES string of the molecule is CCNC(=NCCSc1ccc(F)cc1)N1CCCC1.I. The van der Waals surface area contributed by atoms with E-state index in [2.05, 4.69) is 22.1 Å². The molecule has 0 spiro atoms. The van der Waals surface area contributed by atoms with Crippen LogP contribution in [0.25, 0.3) is 0 Å². The van der Waals surface area contributed by atoms with E-state index in [9.17, 15) is 4.39 Å². The molecule has 2 rings (SSSR count). The van der Waals surface area contributed by atoms with E-state index >= 15 is 0 Å². The zero-order valence-electron chi connectivity index (χ0n) is 12.3. The van der Waals surface area contributed by atoms with Gasteiger partial charge in [-0.15, -0.1) is 35.7 Å². The van der Waals surface area contributed by atoms with E-state index in [1.165, 1.54) is 25.0 Å². The zero-order valence-corrected chi connectivity index (χ0v) is 15.5. The third-order valence-corrected chi connectivity index (χ3v) is 4.17. The Bertz CT molecular complexity index is 433. The molecule has 6 heteroatoms. The Hall–Kier alpha value is -0.500. The van der Waals surface area contributed by atoms with Crippen molar-refractivity contribution in [1.29, 1.82) is 0 Å². The molecular formula is C15H23FIN3S. The quantitative estimate of drug-likeness (QED) is 0.258. The summed E-state index contributed by atoms with van der Waals surface area (Å²) >= 11 is 1.71. The Kier molecular flexibility index (Phi) is 9.07. The fraction of sp³-hybridized carbons (Fsp3) is 0.533. The second-order valence-electron chi connectivity index (χ2n) is 4.73. The molecule has 0 aliphatic carbocycles. The van der Waals surface area contributed by atoms with Gasteiger partial charge < -0.3 is 10.2 Å². The molecule has 1 heterocycles. The third-order valence-electron chi connectivity index (χ3n) is 3.18. The number of halogens is 2. The van der Waals surface area contributed by atoms with E-state index in [-0.39, 0.29) is 29.8 Å². The van der Waals surface area contributed by atoms with Crippen LogP contribution in [0.2, 0.25) is 0 Å². The largest absolute Gasteiger partial charge is 0.357 e. The highest BCUT2D eigenvalue weighted by molar-refractivity contribution is 14.0. The average Bonchev–Trinajstić information content (AvgIpc) is 2.98. The number of thioether (sulfide) groups is 1. The van der Waals surface area contributed by atoms with Crippen LogP contribution < -0.4 is 5.32 Å². The van der Waals surface area contributed by atoms with Crippen LogP contribution >= 0.6 is 35.7 Å². The van der Waals surface area contributed by atoms with Gasteiger partial charge in [-0.3, -0.25) is 4.99 Å². The summed E-state index contributed by atoms with van der Waals surface area (Å²) in [5.41, 5.74) is 0. The van der Waals surface area contributed by atoms with Crippen molar-refractivity contribution in [3.63, 3.8) is 0 Å². The fourth-order valence-electron chi connectivity index (χ4n) is 2.20. The second kappa shape index (κ2) is 10.3. The van der Waals surface area contributed by atoms with Gasteiger partial charge >= 0.3 is 0 Å². The molecule has 0 atom stereocenters. The Morgan fingerprint density at radius 1 is 1.29 bits per heavy atom. The number of hydrogen-bond donors (Lipinski definition) is 1. The fourth-order valence-corrected chi connectivity index (χ4v) is 2.95. The molecule has 0 aromatic heterocycles. The zero-order chi connectivity index (χ0) is 14.2. The van der Waals surface area contributed by atoms with Gasteiger partial charge in [0.2, 0.25) is 0 Å². The molecular weight excluding hydrogens is 400 g/mol. The molecule has 0 radical (unpaired) electrons. The number of hydrogen-bond acceptors (Lipinski definition) is 2. The van der Waals surface area contributed by atoms with Crippen molar-refractivity contribution >= 4 is 41.7 Å².